The lowest BCUT2D eigenvalue weighted by atomic mass is 10.0. The average Bonchev–Trinajstić information content (AvgIpc) is 3.49. The van der Waals surface area contributed by atoms with Gasteiger partial charge in [0, 0.05) is 31.2 Å². The maximum Gasteiger partial charge on any atom is 0.211 e. The van der Waals surface area contributed by atoms with Gasteiger partial charge in [-0.25, -0.2) is 19.6 Å². The van der Waals surface area contributed by atoms with Crippen molar-refractivity contribution in [2.75, 3.05) is 18.4 Å². The molecule has 1 aliphatic rings. The molecule has 7 nitrogen and oxygen atoms in total. The van der Waals surface area contributed by atoms with Gasteiger partial charge in [-0.3, -0.25) is 4.90 Å². The lowest BCUT2D eigenvalue weighted by molar-refractivity contribution is 0.325. The third kappa shape index (κ3) is 3.93. The van der Waals surface area contributed by atoms with Crippen molar-refractivity contribution in [2.45, 2.75) is 39.2 Å². The van der Waals surface area contributed by atoms with E-state index in [-0.39, 0.29) is 0 Å². The molecule has 0 aromatic carbocycles. The number of fused-ring (bicyclic) bond motifs is 1. The SMILES string of the molecule is CC(C)c1ccc(Nc2cc3nc(-n4cccn4)sc3cn2)nc1CN1CCCC1. The monoisotopic (exact) mass is 419 g/mol. The molecule has 0 unspecified atom stereocenters. The van der Waals surface area contributed by atoms with Gasteiger partial charge in [0.05, 0.1) is 15.9 Å². The van der Waals surface area contributed by atoms with Crippen molar-refractivity contribution in [3.05, 3.63) is 54.1 Å². The molecule has 1 N–H and O–H groups in total. The standard InChI is InChI=1S/C22H25N7S/c1-15(2)16-6-7-20(25-18(16)14-28-9-3-4-10-28)27-21-12-17-19(13-23-21)30-22(26-17)29-11-5-8-24-29/h5-8,11-13,15H,3-4,9-10,14H2,1-2H3,(H,23,25,27). The molecular formula is C22H25N7S. The second-order valence-corrected chi connectivity index (χ2v) is 8.99. The lowest BCUT2D eigenvalue weighted by Gasteiger charge is -2.19. The van der Waals surface area contributed by atoms with E-state index in [2.05, 4.69) is 40.2 Å². The van der Waals surface area contributed by atoms with Crippen molar-refractivity contribution in [3.8, 4) is 5.13 Å². The summed E-state index contributed by atoms with van der Waals surface area (Å²) >= 11 is 1.57. The first-order chi connectivity index (χ1) is 14.7. The van der Waals surface area contributed by atoms with Crippen LogP contribution in [0, 0.1) is 0 Å². The Kier molecular flexibility index (Phi) is 5.18. The Balaban J connectivity index is 1.41. The number of thiazole rings is 1. The van der Waals surface area contributed by atoms with Gasteiger partial charge in [-0.1, -0.05) is 31.3 Å². The number of aromatic nitrogens is 5. The van der Waals surface area contributed by atoms with Crippen LogP contribution in [0.25, 0.3) is 15.3 Å². The van der Waals surface area contributed by atoms with Crippen LogP contribution in [0.15, 0.2) is 42.9 Å². The second-order valence-electron chi connectivity index (χ2n) is 7.98. The average molecular weight is 420 g/mol. The van der Waals surface area contributed by atoms with E-state index in [0.717, 1.165) is 52.3 Å². The van der Waals surface area contributed by atoms with E-state index in [1.807, 2.05) is 30.6 Å². The van der Waals surface area contributed by atoms with Gasteiger partial charge < -0.3 is 5.32 Å². The first kappa shape index (κ1) is 19.1. The molecular weight excluding hydrogens is 394 g/mol. The summed E-state index contributed by atoms with van der Waals surface area (Å²) in [4.78, 5) is 16.7. The molecule has 154 valence electrons. The maximum absolute atomic E-state index is 4.95. The topological polar surface area (TPSA) is 71.8 Å². The molecule has 1 fully saturated rings. The van der Waals surface area contributed by atoms with Gasteiger partial charge in [-0.15, -0.1) is 0 Å². The van der Waals surface area contributed by atoms with Gasteiger partial charge in [-0.2, -0.15) is 5.10 Å². The zero-order chi connectivity index (χ0) is 20.5. The van der Waals surface area contributed by atoms with Crippen LogP contribution in [0.4, 0.5) is 11.6 Å². The Morgan fingerprint density at radius 2 is 2.00 bits per heavy atom. The minimum Gasteiger partial charge on any atom is -0.325 e. The van der Waals surface area contributed by atoms with Crippen molar-refractivity contribution in [2.24, 2.45) is 0 Å². The molecule has 4 aromatic heterocycles. The molecule has 0 atom stereocenters. The molecule has 8 heteroatoms. The van der Waals surface area contributed by atoms with E-state index in [4.69, 9.17) is 9.97 Å². The van der Waals surface area contributed by atoms with E-state index in [1.54, 1.807) is 22.2 Å². The number of nitrogens with zero attached hydrogens (tertiary/aromatic N) is 6. The number of likely N-dealkylation sites (tertiary alicyclic amines) is 1. The molecule has 0 aliphatic carbocycles. The predicted octanol–water partition coefficient (Wildman–Crippen LogP) is 4.73. The Labute approximate surface area is 179 Å². The van der Waals surface area contributed by atoms with Crippen LogP contribution in [0.3, 0.4) is 0 Å². The van der Waals surface area contributed by atoms with Crippen molar-refractivity contribution in [1.82, 2.24) is 29.6 Å². The van der Waals surface area contributed by atoms with Gasteiger partial charge >= 0.3 is 0 Å². The van der Waals surface area contributed by atoms with E-state index in [9.17, 15) is 0 Å². The van der Waals surface area contributed by atoms with Gasteiger partial charge in [0.1, 0.15) is 11.6 Å². The predicted molar refractivity (Wildman–Crippen MR) is 121 cm³/mol. The van der Waals surface area contributed by atoms with Gasteiger partial charge in [-0.05, 0) is 49.5 Å². The summed E-state index contributed by atoms with van der Waals surface area (Å²) in [6, 6.07) is 8.11. The van der Waals surface area contributed by atoms with Gasteiger partial charge in [0.2, 0.25) is 5.13 Å². The highest BCUT2D eigenvalue weighted by molar-refractivity contribution is 7.20. The Hall–Kier alpha value is -2.84. The Bertz CT molecular complexity index is 1140. The number of pyridine rings is 2. The minimum absolute atomic E-state index is 0.453. The third-order valence-corrected chi connectivity index (χ3v) is 6.42. The summed E-state index contributed by atoms with van der Waals surface area (Å²) in [6.07, 6.45) is 8.08. The molecule has 0 amide bonds. The summed E-state index contributed by atoms with van der Waals surface area (Å²) in [6.45, 7) is 7.70. The highest BCUT2D eigenvalue weighted by Crippen LogP contribution is 2.27. The third-order valence-electron chi connectivity index (χ3n) is 5.42. The molecule has 30 heavy (non-hydrogen) atoms. The van der Waals surface area contributed by atoms with E-state index in [1.165, 1.54) is 18.4 Å². The normalized spacial score (nSPS) is 14.8. The van der Waals surface area contributed by atoms with Crippen LogP contribution in [0.2, 0.25) is 0 Å². The first-order valence-corrected chi connectivity index (χ1v) is 11.2. The molecule has 1 saturated heterocycles. The highest BCUT2D eigenvalue weighted by Gasteiger charge is 2.17. The van der Waals surface area contributed by atoms with Crippen LogP contribution in [-0.2, 0) is 6.54 Å². The molecule has 0 bridgehead atoms. The summed E-state index contributed by atoms with van der Waals surface area (Å²) in [5.41, 5.74) is 3.38. The smallest absolute Gasteiger partial charge is 0.211 e. The first-order valence-electron chi connectivity index (χ1n) is 10.4. The molecule has 1 aliphatic heterocycles. The number of hydrogen-bond acceptors (Lipinski definition) is 7. The van der Waals surface area contributed by atoms with E-state index < -0.39 is 0 Å². The molecule has 0 saturated carbocycles. The van der Waals surface area contributed by atoms with Crippen LogP contribution in [0.1, 0.15) is 43.9 Å². The molecule has 0 spiro atoms. The molecule has 4 aromatic rings. The summed E-state index contributed by atoms with van der Waals surface area (Å²) < 4.78 is 2.80. The van der Waals surface area contributed by atoms with Gasteiger partial charge in [0.25, 0.3) is 0 Å². The number of hydrogen-bond donors (Lipinski definition) is 1. The second kappa shape index (κ2) is 8.12. The fourth-order valence-corrected chi connectivity index (χ4v) is 4.75. The summed E-state index contributed by atoms with van der Waals surface area (Å²) in [5, 5.41) is 8.47. The van der Waals surface area contributed by atoms with E-state index >= 15 is 0 Å². The lowest BCUT2D eigenvalue weighted by Crippen LogP contribution is -2.20. The highest BCUT2D eigenvalue weighted by atomic mass is 32.1. The summed E-state index contributed by atoms with van der Waals surface area (Å²) in [5.74, 6) is 2.02. The quantitative estimate of drug-likeness (QED) is 0.487. The minimum atomic E-state index is 0.453. The van der Waals surface area contributed by atoms with Crippen molar-refractivity contribution in [1.29, 1.82) is 0 Å². The summed E-state index contributed by atoms with van der Waals surface area (Å²) in [7, 11) is 0. The zero-order valence-corrected chi connectivity index (χ0v) is 18.1. The zero-order valence-electron chi connectivity index (χ0n) is 17.2. The van der Waals surface area contributed by atoms with Crippen LogP contribution in [-0.4, -0.2) is 42.7 Å². The number of nitrogens with one attached hydrogen (secondary N) is 1. The van der Waals surface area contributed by atoms with Crippen molar-refractivity contribution < 1.29 is 0 Å². The molecule has 5 rings (SSSR count). The Morgan fingerprint density at radius 3 is 2.77 bits per heavy atom. The molecule has 5 heterocycles. The number of rotatable bonds is 6. The van der Waals surface area contributed by atoms with Crippen LogP contribution < -0.4 is 5.32 Å². The van der Waals surface area contributed by atoms with E-state index in [0.29, 0.717) is 5.92 Å². The largest absolute Gasteiger partial charge is 0.325 e. The van der Waals surface area contributed by atoms with Crippen LogP contribution in [0.5, 0.6) is 0 Å². The number of anilines is 2. The maximum atomic E-state index is 4.95. The van der Waals surface area contributed by atoms with Gasteiger partial charge in [0.15, 0.2) is 0 Å². The van der Waals surface area contributed by atoms with Crippen molar-refractivity contribution >= 4 is 33.2 Å². The molecule has 0 radical (unpaired) electrons. The van der Waals surface area contributed by atoms with Crippen LogP contribution >= 0.6 is 11.3 Å². The Morgan fingerprint density at radius 1 is 1.13 bits per heavy atom. The fourth-order valence-electron chi connectivity index (χ4n) is 3.89. The van der Waals surface area contributed by atoms with Crippen molar-refractivity contribution in [3.63, 3.8) is 0 Å². The fraction of sp³-hybridized carbons (Fsp3) is 0.364.